The highest BCUT2D eigenvalue weighted by Crippen LogP contribution is 2.16. The van der Waals surface area contributed by atoms with Crippen LogP contribution in [-0.4, -0.2) is 21.9 Å². The van der Waals surface area contributed by atoms with Gasteiger partial charge >= 0.3 is 0 Å². The Hall–Kier alpha value is -2.14. The van der Waals surface area contributed by atoms with E-state index in [2.05, 4.69) is 20.6 Å². The van der Waals surface area contributed by atoms with Crippen LogP contribution in [0.3, 0.4) is 0 Å². The summed E-state index contributed by atoms with van der Waals surface area (Å²) in [5.41, 5.74) is 3.97. The number of anilines is 1. The molecule has 1 amide bonds. The van der Waals surface area contributed by atoms with Gasteiger partial charge in [0.1, 0.15) is 0 Å². The lowest BCUT2D eigenvalue weighted by Gasteiger charge is -2.22. The number of nitrogens with zero attached hydrogens (tertiary/aromatic N) is 1. The molecule has 1 aliphatic rings. The summed E-state index contributed by atoms with van der Waals surface area (Å²) in [5.74, 6) is -0.0112. The molecule has 1 aliphatic heterocycles. The molecular formula is C14H16N4O. The molecule has 0 saturated carbocycles. The summed E-state index contributed by atoms with van der Waals surface area (Å²) in [6.07, 6.45) is 2.30. The Balaban J connectivity index is 1.71. The molecule has 2 aromatic rings. The number of hydrogen-bond acceptors (Lipinski definition) is 3. The van der Waals surface area contributed by atoms with Crippen LogP contribution in [0.1, 0.15) is 17.0 Å². The van der Waals surface area contributed by atoms with Gasteiger partial charge in [0.2, 0.25) is 5.91 Å². The third kappa shape index (κ3) is 2.37. The summed E-state index contributed by atoms with van der Waals surface area (Å²) in [7, 11) is 0. The minimum absolute atomic E-state index is 0.0112. The number of carbonyl (C=O) groups is 1. The summed E-state index contributed by atoms with van der Waals surface area (Å²) in [6.45, 7) is 2.64. The highest BCUT2D eigenvalue weighted by atomic mass is 16.2. The predicted molar refractivity (Wildman–Crippen MR) is 72.7 cm³/mol. The monoisotopic (exact) mass is 256 g/mol. The van der Waals surface area contributed by atoms with E-state index >= 15 is 0 Å². The Labute approximate surface area is 111 Å². The van der Waals surface area contributed by atoms with Crippen LogP contribution in [-0.2, 0) is 17.8 Å². The molecule has 1 aromatic carbocycles. The van der Waals surface area contributed by atoms with E-state index < -0.39 is 0 Å². The molecule has 2 heterocycles. The summed E-state index contributed by atoms with van der Waals surface area (Å²) >= 11 is 0. The number of rotatable bonds is 2. The largest absolute Gasteiger partial charge is 0.347 e. The van der Waals surface area contributed by atoms with Gasteiger partial charge in [-0.3, -0.25) is 10.1 Å². The lowest BCUT2D eigenvalue weighted by Crippen LogP contribution is -2.44. The number of aromatic amines is 1. The standard InChI is InChI=1S/C14H16N4O/c1-9-4-2-3-5-10(9)18-14(19)12-6-11-13(7-15-12)17-8-16-11/h2-5,8,12,15H,6-7H2,1H3,(H,16,17)(H,18,19). The number of carbonyl (C=O) groups excluding carboxylic acids is 1. The van der Waals surface area contributed by atoms with Crippen LogP contribution in [0.25, 0.3) is 0 Å². The third-order valence-electron chi connectivity index (χ3n) is 3.45. The minimum atomic E-state index is -0.226. The van der Waals surface area contributed by atoms with Gasteiger partial charge in [0.15, 0.2) is 0 Å². The highest BCUT2D eigenvalue weighted by molar-refractivity contribution is 5.95. The average Bonchev–Trinajstić information content (AvgIpc) is 2.88. The van der Waals surface area contributed by atoms with Gasteiger partial charge in [0.25, 0.3) is 0 Å². The first kappa shape index (κ1) is 11.9. The van der Waals surface area contributed by atoms with E-state index in [4.69, 9.17) is 0 Å². The molecule has 1 unspecified atom stereocenters. The van der Waals surface area contributed by atoms with E-state index in [0.29, 0.717) is 13.0 Å². The third-order valence-corrected chi connectivity index (χ3v) is 3.45. The first-order valence-electron chi connectivity index (χ1n) is 6.35. The highest BCUT2D eigenvalue weighted by Gasteiger charge is 2.25. The Morgan fingerprint density at radius 3 is 3.11 bits per heavy atom. The molecule has 5 heteroatoms. The van der Waals surface area contributed by atoms with Crippen molar-refractivity contribution in [2.45, 2.75) is 25.9 Å². The summed E-state index contributed by atoms with van der Waals surface area (Å²) in [6, 6.07) is 7.55. The maximum Gasteiger partial charge on any atom is 0.241 e. The Bertz CT molecular complexity index is 605. The van der Waals surface area contributed by atoms with Gasteiger partial charge in [-0.05, 0) is 18.6 Å². The summed E-state index contributed by atoms with van der Waals surface area (Å²) in [4.78, 5) is 19.5. The van der Waals surface area contributed by atoms with E-state index in [1.165, 1.54) is 0 Å². The molecule has 0 radical (unpaired) electrons. The van der Waals surface area contributed by atoms with Gasteiger partial charge in [-0.1, -0.05) is 18.2 Å². The van der Waals surface area contributed by atoms with Crippen molar-refractivity contribution in [2.24, 2.45) is 0 Å². The van der Waals surface area contributed by atoms with Crippen LogP contribution >= 0.6 is 0 Å². The number of fused-ring (bicyclic) bond motifs is 1. The van der Waals surface area contributed by atoms with E-state index in [1.807, 2.05) is 31.2 Å². The number of aryl methyl sites for hydroxylation is 1. The van der Waals surface area contributed by atoms with Gasteiger partial charge in [-0.2, -0.15) is 0 Å². The second-order valence-electron chi connectivity index (χ2n) is 4.77. The van der Waals surface area contributed by atoms with Crippen LogP contribution in [0, 0.1) is 6.92 Å². The minimum Gasteiger partial charge on any atom is -0.347 e. The zero-order valence-corrected chi connectivity index (χ0v) is 10.7. The fourth-order valence-electron chi connectivity index (χ4n) is 2.29. The van der Waals surface area contributed by atoms with E-state index in [1.54, 1.807) is 6.33 Å². The fraction of sp³-hybridized carbons (Fsp3) is 0.286. The zero-order chi connectivity index (χ0) is 13.2. The van der Waals surface area contributed by atoms with Crippen LogP contribution < -0.4 is 10.6 Å². The molecule has 5 nitrogen and oxygen atoms in total. The molecule has 1 aromatic heterocycles. The zero-order valence-electron chi connectivity index (χ0n) is 10.7. The lowest BCUT2D eigenvalue weighted by atomic mass is 10.0. The average molecular weight is 256 g/mol. The second kappa shape index (κ2) is 4.85. The molecule has 1 atom stereocenters. The summed E-state index contributed by atoms with van der Waals surface area (Å²) in [5, 5.41) is 6.18. The first-order chi connectivity index (χ1) is 9.24. The molecule has 0 saturated heterocycles. The number of hydrogen-bond donors (Lipinski definition) is 3. The molecule has 0 aliphatic carbocycles. The number of imidazole rings is 1. The smallest absolute Gasteiger partial charge is 0.241 e. The number of aromatic nitrogens is 2. The first-order valence-corrected chi connectivity index (χ1v) is 6.35. The lowest BCUT2D eigenvalue weighted by molar-refractivity contribution is -0.118. The Kier molecular flexibility index (Phi) is 3.05. The van der Waals surface area contributed by atoms with Crippen molar-refractivity contribution in [3.8, 4) is 0 Å². The molecule has 19 heavy (non-hydrogen) atoms. The molecule has 0 spiro atoms. The van der Waals surface area contributed by atoms with E-state index in [0.717, 1.165) is 22.6 Å². The van der Waals surface area contributed by atoms with Crippen molar-refractivity contribution in [3.05, 3.63) is 47.5 Å². The molecular weight excluding hydrogens is 240 g/mol. The molecule has 0 bridgehead atoms. The molecule has 3 rings (SSSR count). The maximum atomic E-state index is 12.2. The predicted octanol–water partition coefficient (Wildman–Crippen LogP) is 1.37. The fourth-order valence-corrected chi connectivity index (χ4v) is 2.29. The molecule has 0 fully saturated rings. The maximum absolute atomic E-state index is 12.2. The van der Waals surface area contributed by atoms with Gasteiger partial charge in [-0.25, -0.2) is 4.98 Å². The Morgan fingerprint density at radius 1 is 1.42 bits per heavy atom. The number of amides is 1. The van der Waals surface area contributed by atoms with Crippen molar-refractivity contribution < 1.29 is 4.79 Å². The topological polar surface area (TPSA) is 69.8 Å². The van der Waals surface area contributed by atoms with Crippen molar-refractivity contribution in [1.82, 2.24) is 15.3 Å². The van der Waals surface area contributed by atoms with Crippen LogP contribution in [0.5, 0.6) is 0 Å². The van der Waals surface area contributed by atoms with Gasteiger partial charge < -0.3 is 10.3 Å². The number of para-hydroxylation sites is 1. The van der Waals surface area contributed by atoms with E-state index in [-0.39, 0.29) is 11.9 Å². The van der Waals surface area contributed by atoms with Crippen molar-refractivity contribution in [2.75, 3.05) is 5.32 Å². The number of benzene rings is 1. The Morgan fingerprint density at radius 2 is 2.26 bits per heavy atom. The van der Waals surface area contributed by atoms with Gasteiger partial charge in [-0.15, -0.1) is 0 Å². The van der Waals surface area contributed by atoms with Crippen molar-refractivity contribution in [1.29, 1.82) is 0 Å². The SMILES string of the molecule is Cc1ccccc1NC(=O)C1Cc2nc[nH]c2CN1. The summed E-state index contributed by atoms with van der Waals surface area (Å²) < 4.78 is 0. The normalized spacial score (nSPS) is 17.8. The van der Waals surface area contributed by atoms with Crippen molar-refractivity contribution >= 4 is 11.6 Å². The van der Waals surface area contributed by atoms with Crippen molar-refractivity contribution in [3.63, 3.8) is 0 Å². The van der Waals surface area contributed by atoms with Gasteiger partial charge in [0.05, 0.1) is 23.8 Å². The molecule has 98 valence electrons. The quantitative estimate of drug-likeness (QED) is 0.760. The molecule has 3 N–H and O–H groups in total. The number of nitrogens with one attached hydrogen (secondary N) is 3. The van der Waals surface area contributed by atoms with E-state index in [9.17, 15) is 4.79 Å². The number of H-pyrrole nitrogens is 1. The van der Waals surface area contributed by atoms with Gasteiger partial charge in [0, 0.05) is 18.7 Å². The van der Waals surface area contributed by atoms with Crippen LogP contribution in [0.4, 0.5) is 5.69 Å². The van der Waals surface area contributed by atoms with Crippen LogP contribution in [0.15, 0.2) is 30.6 Å². The second-order valence-corrected chi connectivity index (χ2v) is 4.77. The van der Waals surface area contributed by atoms with Crippen LogP contribution in [0.2, 0.25) is 0 Å².